The molecule has 362 valence electrons. The molecular formula is C76H48N2. The fraction of sp³-hybridized carbons (Fsp3) is 0.0263. The second-order valence-electron chi connectivity index (χ2n) is 21.3. The third kappa shape index (κ3) is 5.50. The Morgan fingerprint density at radius 2 is 0.474 bits per heavy atom. The van der Waals surface area contributed by atoms with Crippen LogP contribution >= 0.6 is 0 Å². The number of fused-ring (bicyclic) bond motifs is 20. The van der Waals surface area contributed by atoms with Crippen LogP contribution in [0, 0.1) is 0 Å². The second-order valence-corrected chi connectivity index (χ2v) is 21.3. The van der Waals surface area contributed by atoms with Gasteiger partial charge in [-0.2, -0.15) is 0 Å². The first-order valence-corrected chi connectivity index (χ1v) is 27.3. The Morgan fingerprint density at radius 1 is 0.192 bits per heavy atom. The van der Waals surface area contributed by atoms with Gasteiger partial charge in [0, 0.05) is 10.8 Å². The van der Waals surface area contributed by atoms with Gasteiger partial charge in [0.05, 0.1) is 45.0 Å². The highest BCUT2D eigenvalue weighted by atomic mass is 15.2. The zero-order valence-corrected chi connectivity index (χ0v) is 42.6. The molecule has 0 fully saturated rings. The highest BCUT2D eigenvalue weighted by molar-refractivity contribution is 6.21. The summed E-state index contributed by atoms with van der Waals surface area (Å²) < 4.78 is 0. The van der Waals surface area contributed by atoms with E-state index in [-0.39, 0.29) is 0 Å². The fourth-order valence-electron chi connectivity index (χ4n) is 15.0. The first-order valence-electron chi connectivity index (χ1n) is 27.3. The number of nitrogens with zero attached hydrogens (tertiary/aromatic N) is 2. The number of hydrogen-bond donors (Lipinski definition) is 0. The summed E-state index contributed by atoms with van der Waals surface area (Å²) in [5.41, 5.74) is 26.3. The minimum absolute atomic E-state index is 0.520. The van der Waals surface area contributed by atoms with E-state index in [0.717, 1.165) is 11.4 Å². The van der Waals surface area contributed by atoms with Crippen LogP contribution in [0.5, 0.6) is 0 Å². The molecule has 0 atom stereocenters. The average Bonchev–Trinajstić information content (AvgIpc) is 4.09. The summed E-state index contributed by atoms with van der Waals surface area (Å²) >= 11 is 0. The van der Waals surface area contributed by atoms with E-state index in [1.165, 1.54) is 133 Å². The van der Waals surface area contributed by atoms with Gasteiger partial charge in [-0.05, 0) is 142 Å². The van der Waals surface area contributed by atoms with E-state index in [9.17, 15) is 0 Å². The van der Waals surface area contributed by atoms with Crippen molar-refractivity contribution in [1.29, 1.82) is 0 Å². The van der Waals surface area contributed by atoms with Gasteiger partial charge in [-0.25, -0.2) is 0 Å². The van der Waals surface area contributed by atoms with Gasteiger partial charge >= 0.3 is 0 Å². The molecule has 4 aliphatic rings. The van der Waals surface area contributed by atoms with Crippen LogP contribution in [-0.4, -0.2) is 0 Å². The van der Waals surface area contributed by atoms with Crippen LogP contribution in [0.2, 0.25) is 0 Å². The van der Waals surface area contributed by atoms with Gasteiger partial charge in [-0.3, -0.25) is 0 Å². The molecule has 0 bridgehead atoms. The smallest absolute Gasteiger partial charge is 0.0754 e. The second kappa shape index (κ2) is 16.2. The van der Waals surface area contributed by atoms with Crippen molar-refractivity contribution in [2.24, 2.45) is 0 Å². The minimum Gasteiger partial charge on any atom is -0.309 e. The van der Waals surface area contributed by atoms with E-state index in [0.29, 0.717) is 0 Å². The quantitative estimate of drug-likeness (QED) is 0.162. The Morgan fingerprint density at radius 3 is 0.846 bits per heavy atom. The molecule has 0 saturated heterocycles. The van der Waals surface area contributed by atoms with Crippen LogP contribution in [0.25, 0.3) is 66.1 Å². The Kier molecular flexibility index (Phi) is 9.01. The van der Waals surface area contributed by atoms with Crippen LogP contribution in [-0.2, 0) is 10.8 Å². The number of benzene rings is 13. The van der Waals surface area contributed by atoms with E-state index in [4.69, 9.17) is 0 Å². The lowest BCUT2D eigenvalue weighted by atomic mass is 9.64. The molecule has 0 radical (unpaired) electrons. The Hall–Kier alpha value is -10.0. The van der Waals surface area contributed by atoms with Gasteiger partial charge in [0.25, 0.3) is 0 Å². The molecule has 2 heterocycles. The molecule has 0 amide bonds. The molecule has 13 aromatic carbocycles. The highest BCUT2D eigenvalue weighted by Gasteiger charge is 2.53. The van der Waals surface area contributed by atoms with E-state index >= 15 is 0 Å². The van der Waals surface area contributed by atoms with Crippen molar-refractivity contribution >= 4 is 55.7 Å². The SMILES string of the molecule is c1ccc(-c2ccccc2-c2c3cccc(N4c5ccccc5C5(c6ccccc6-c6ccccc65)c5ccccc54)c3cc3c(N4c5ccccc5C5(c6ccccc6-c6ccccc65)c5ccccc54)cccc23)cc1. The highest BCUT2D eigenvalue weighted by Crippen LogP contribution is 2.66. The molecule has 0 unspecified atom stereocenters. The summed E-state index contributed by atoms with van der Waals surface area (Å²) in [4.78, 5) is 5.15. The predicted molar refractivity (Wildman–Crippen MR) is 323 cm³/mol. The maximum Gasteiger partial charge on any atom is 0.0754 e. The topological polar surface area (TPSA) is 6.48 Å². The fourth-order valence-corrected chi connectivity index (χ4v) is 15.0. The van der Waals surface area contributed by atoms with Crippen molar-refractivity contribution in [2.45, 2.75) is 10.8 Å². The molecule has 2 aliphatic carbocycles. The van der Waals surface area contributed by atoms with E-state index in [1.807, 2.05) is 0 Å². The Balaban J connectivity index is 0.978. The van der Waals surface area contributed by atoms with Crippen LogP contribution in [0.3, 0.4) is 0 Å². The molecule has 78 heavy (non-hydrogen) atoms. The summed E-state index contributed by atoms with van der Waals surface area (Å²) in [7, 11) is 0. The summed E-state index contributed by atoms with van der Waals surface area (Å²) in [5.74, 6) is 0. The molecular weight excluding hydrogens is 941 g/mol. The van der Waals surface area contributed by atoms with Gasteiger partial charge in [0.1, 0.15) is 0 Å². The minimum atomic E-state index is -0.520. The maximum absolute atomic E-state index is 2.58. The number of rotatable bonds is 4. The van der Waals surface area contributed by atoms with Gasteiger partial charge in [0.2, 0.25) is 0 Å². The summed E-state index contributed by atoms with van der Waals surface area (Å²) in [5, 5.41) is 4.75. The number of hydrogen-bond acceptors (Lipinski definition) is 2. The van der Waals surface area contributed by atoms with Gasteiger partial charge in [-0.1, -0.05) is 249 Å². The molecule has 17 rings (SSSR count). The predicted octanol–water partition coefficient (Wildman–Crippen LogP) is 19.6. The van der Waals surface area contributed by atoms with Gasteiger partial charge < -0.3 is 9.80 Å². The third-order valence-electron chi connectivity index (χ3n) is 17.9. The third-order valence-corrected chi connectivity index (χ3v) is 17.9. The van der Waals surface area contributed by atoms with Gasteiger partial charge in [0.15, 0.2) is 0 Å². The van der Waals surface area contributed by atoms with Crippen LogP contribution < -0.4 is 9.80 Å². The van der Waals surface area contributed by atoms with Crippen molar-refractivity contribution < 1.29 is 0 Å². The molecule has 0 N–H and O–H groups in total. The molecule has 2 aliphatic heterocycles. The lowest BCUT2D eigenvalue weighted by Gasteiger charge is -2.45. The maximum atomic E-state index is 2.58. The number of para-hydroxylation sites is 4. The molecule has 2 nitrogen and oxygen atoms in total. The monoisotopic (exact) mass is 988 g/mol. The molecule has 0 saturated carbocycles. The first kappa shape index (κ1) is 43.2. The van der Waals surface area contributed by atoms with Crippen molar-refractivity contribution in [2.75, 3.05) is 9.80 Å². The van der Waals surface area contributed by atoms with Gasteiger partial charge in [-0.15, -0.1) is 0 Å². The summed E-state index contributed by atoms with van der Waals surface area (Å²) in [6.45, 7) is 0. The van der Waals surface area contributed by atoms with Crippen molar-refractivity contribution in [1.82, 2.24) is 0 Å². The lowest BCUT2D eigenvalue weighted by Crippen LogP contribution is -2.36. The average molecular weight is 989 g/mol. The summed E-state index contributed by atoms with van der Waals surface area (Å²) in [6.07, 6.45) is 0. The largest absolute Gasteiger partial charge is 0.309 e. The number of anilines is 6. The summed E-state index contributed by atoms with van der Waals surface area (Å²) in [6, 6.07) is 110. The standard InChI is InChI=1S/C76H48N2/c1-2-24-49(25-3-1)50-26-4-5-31-55(50)74-56-32-22-46-68(77-70-42-18-14-38-64(70)75(65-39-15-19-43-71(65)77)60-34-10-6-27-51(60)52-28-7-11-35-61(52)75)58(56)48-59-57(74)33-23-47-69(59)78-72-44-20-16-40-66(72)76(67-41-17-21-45-73(67)78)62-36-12-8-29-53(62)54-30-9-13-37-63(54)76/h1-48H. The van der Waals surface area contributed by atoms with Crippen LogP contribution in [0.1, 0.15) is 44.5 Å². The van der Waals surface area contributed by atoms with Crippen LogP contribution in [0.15, 0.2) is 291 Å². The van der Waals surface area contributed by atoms with Crippen LogP contribution in [0.4, 0.5) is 34.1 Å². The molecule has 2 spiro atoms. The lowest BCUT2D eigenvalue weighted by molar-refractivity contribution is 0.753. The van der Waals surface area contributed by atoms with E-state index < -0.39 is 10.8 Å². The van der Waals surface area contributed by atoms with E-state index in [1.54, 1.807) is 0 Å². The molecule has 0 aromatic heterocycles. The van der Waals surface area contributed by atoms with Crippen molar-refractivity contribution in [3.05, 3.63) is 336 Å². The normalized spacial score (nSPS) is 14.3. The first-order chi connectivity index (χ1) is 38.8. The van der Waals surface area contributed by atoms with Crippen molar-refractivity contribution in [3.8, 4) is 44.5 Å². The molecule has 13 aromatic rings. The Bertz CT molecular complexity index is 4220. The Labute approximate surface area is 454 Å². The zero-order valence-electron chi connectivity index (χ0n) is 42.6. The van der Waals surface area contributed by atoms with Crippen molar-refractivity contribution in [3.63, 3.8) is 0 Å². The zero-order chi connectivity index (χ0) is 51.1. The molecule has 2 heteroatoms. The van der Waals surface area contributed by atoms with E-state index in [2.05, 4.69) is 301 Å².